The van der Waals surface area contributed by atoms with Crippen LogP contribution in [0.2, 0.25) is 0 Å². The largest absolute Gasteiger partial charge is 0.380 e. The number of methoxy groups -OCH3 is 1. The van der Waals surface area contributed by atoms with Gasteiger partial charge in [0, 0.05) is 19.7 Å². The normalized spacial score (nSPS) is 29.0. The van der Waals surface area contributed by atoms with Crippen molar-refractivity contribution in [3.8, 4) is 0 Å². The molecule has 0 bridgehead atoms. The Kier molecular flexibility index (Phi) is 4.52. The summed E-state index contributed by atoms with van der Waals surface area (Å²) in [6.07, 6.45) is 0.354. The van der Waals surface area contributed by atoms with Gasteiger partial charge in [-0.2, -0.15) is 0 Å². The third kappa shape index (κ3) is 4.07. The smallest absolute Gasteiger partial charge is 0.163 e. The van der Waals surface area contributed by atoms with Gasteiger partial charge < -0.3 is 19.5 Å². The van der Waals surface area contributed by atoms with Crippen molar-refractivity contribution in [1.82, 2.24) is 5.32 Å². The average molecular weight is 217 g/mol. The molecule has 1 fully saturated rings. The fourth-order valence-corrected chi connectivity index (χ4v) is 1.55. The van der Waals surface area contributed by atoms with Crippen molar-refractivity contribution < 1.29 is 14.2 Å². The maximum Gasteiger partial charge on any atom is 0.163 e. The second kappa shape index (κ2) is 5.25. The van der Waals surface area contributed by atoms with Crippen molar-refractivity contribution in [2.75, 3.05) is 20.3 Å². The third-order valence-corrected chi connectivity index (χ3v) is 2.81. The van der Waals surface area contributed by atoms with Gasteiger partial charge in [0.2, 0.25) is 0 Å². The molecule has 4 nitrogen and oxygen atoms in total. The molecule has 0 spiro atoms. The fourth-order valence-electron chi connectivity index (χ4n) is 1.55. The third-order valence-electron chi connectivity index (χ3n) is 2.81. The van der Waals surface area contributed by atoms with Crippen LogP contribution in [0.1, 0.15) is 27.7 Å². The van der Waals surface area contributed by atoms with E-state index in [2.05, 4.69) is 12.2 Å². The van der Waals surface area contributed by atoms with E-state index in [1.54, 1.807) is 7.11 Å². The summed E-state index contributed by atoms with van der Waals surface area (Å²) in [5.74, 6) is -0.428. The van der Waals surface area contributed by atoms with Gasteiger partial charge in [0.25, 0.3) is 0 Å². The number of hydrogen-bond donors (Lipinski definition) is 1. The summed E-state index contributed by atoms with van der Waals surface area (Å²) >= 11 is 0. The van der Waals surface area contributed by atoms with Gasteiger partial charge in [-0.1, -0.05) is 0 Å². The predicted octanol–water partition coefficient (Wildman–Crippen LogP) is 1.15. The first-order chi connectivity index (χ1) is 6.94. The minimum atomic E-state index is -0.428. The Labute approximate surface area is 92.3 Å². The Hall–Kier alpha value is -0.160. The molecule has 90 valence electrons. The minimum absolute atomic E-state index is 0.145. The van der Waals surface area contributed by atoms with E-state index in [-0.39, 0.29) is 12.2 Å². The van der Waals surface area contributed by atoms with E-state index in [0.29, 0.717) is 12.6 Å². The molecule has 1 saturated heterocycles. The molecule has 4 heteroatoms. The lowest BCUT2D eigenvalue weighted by atomic mass is 10.2. The molecule has 1 rings (SSSR count). The summed E-state index contributed by atoms with van der Waals surface area (Å²) in [4.78, 5) is 0. The molecule has 0 saturated carbocycles. The Morgan fingerprint density at radius 1 is 1.47 bits per heavy atom. The molecule has 0 aliphatic carbocycles. The topological polar surface area (TPSA) is 39.7 Å². The second-order valence-electron chi connectivity index (χ2n) is 4.59. The fraction of sp³-hybridized carbons (Fsp3) is 1.00. The lowest BCUT2D eigenvalue weighted by Gasteiger charge is -2.22. The monoisotopic (exact) mass is 217 g/mol. The van der Waals surface area contributed by atoms with Crippen molar-refractivity contribution in [3.05, 3.63) is 0 Å². The molecule has 0 aromatic carbocycles. The highest BCUT2D eigenvalue weighted by molar-refractivity contribution is 4.76. The Morgan fingerprint density at radius 3 is 2.60 bits per heavy atom. The number of hydrogen-bond acceptors (Lipinski definition) is 4. The zero-order chi connectivity index (χ0) is 11.5. The van der Waals surface area contributed by atoms with Crippen molar-refractivity contribution in [2.45, 2.75) is 51.7 Å². The Morgan fingerprint density at radius 2 is 2.13 bits per heavy atom. The van der Waals surface area contributed by atoms with Crippen molar-refractivity contribution in [3.63, 3.8) is 0 Å². The van der Waals surface area contributed by atoms with Gasteiger partial charge in [0.1, 0.15) is 0 Å². The zero-order valence-electron chi connectivity index (χ0n) is 10.4. The van der Waals surface area contributed by atoms with Crippen LogP contribution in [0.4, 0.5) is 0 Å². The maximum atomic E-state index is 5.69. The highest BCUT2D eigenvalue weighted by Crippen LogP contribution is 2.21. The van der Waals surface area contributed by atoms with Gasteiger partial charge in [-0.05, 0) is 27.7 Å². The molecule has 0 amide bonds. The quantitative estimate of drug-likeness (QED) is 0.750. The maximum absolute atomic E-state index is 5.69. The molecule has 3 atom stereocenters. The molecular formula is C11H23NO3. The van der Waals surface area contributed by atoms with Crippen molar-refractivity contribution in [2.24, 2.45) is 0 Å². The van der Waals surface area contributed by atoms with Crippen LogP contribution >= 0.6 is 0 Å². The van der Waals surface area contributed by atoms with E-state index >= 15 is 0 Å². The SMILES string of the molecule is COC(C)C(C)NCC1COC(C)(C)O1. The van der Waals surface area contributed by atoms with E-state index in [1.165, 1.54) is 0 Å². The molecule has 1 aliphatic heterocycles. The predicted molar refractivity (Wildman–Crippen MR) is 58.8 cm³/mol. The lowest BCUT2D eigenvalue weighted by molar-refractivity contribution is -0.138. The number of rotatable bonds is 5. The van der Waals surface area contributed by atoms with Gasteiger partial charge in [-0.25, -0.2) is 0 Å². The molecule has 3 unspecified atom stereocenters. The van der Waals surface area contributed by atoms with Gasteiger partial charge in [0.15, 0.2) is 5.79 Å². The molecule has 1 heterocycles. The van der Waals surface area contributed by atoms with Crippen LogP contribution in [0.3, 0.4) is 0 Å². The summed E-state index contributed by atoms with van der Waals surface area (Å²) in [6, 6.07) is 0.322. The molecular weight excluding hydrogens is 194 g/mol. The van der Waals surface area contributed by atoms with Crippen LogP contribution in [-0.2, 0) is 14.2 Å². The number of ether oxygens (including phenoxy) is 3. The first-order valence-electron chi connectivity index (χ1n) is 5.52. The van der Waals surface area contributed by atoms with Crippen LogP contribution in [-0.4, -0.2) is 44.3 Å². The first kappa shape index (κ1) is 12.9. The standard InChI is InChI=1S/C11H23NO3/c1-8(9(2)13-5)12-6-10-7-14-11(3,4)15-10/h8-10,12H,6-7H2,1-5H3. The summed E-state index contributed by atoms with van der Waals surface area (Å²) < 4.78 is 16.4. The highest BCUT2D eigenvalue weighted by atomic mass is 16.7. The summed E-state index contributed by atoms with van der Waals surface area (Å²) in [5.41, 5.74) is 0. The van der Waals surface area contributed by atoms with Crippen LogP contribution in [0.25, 0.3) is 0 Å². The molecule has 1 aliphatic rings. The van der Waals surface area contributed by atoms with E-state index < -0.39 is 5.79 Å². The van der Waals surface area contributed by atoms with Crippen LogP contribution < -0.4 is 5.32 Å². The summed E-state index contributed by atoms with van der Waals surface area (Å²) in [6.45, 7) is 9.50. The van der Waals surface area contributed by atoms with Gasteiger partial charge in [0.05, 0.1) is 18.8 Å². The Bertz CT molecular complexity index is 196. The number of nitrogens with one attached hydrogen (secondary N) is 1. The zero-order valence-corrected chi connectivity index (χ0v) is 10.4. The molecule has 15 heavy (non-hydrogen) atoms. The van der Waals surface area contributed by atoms with Crippen molar-refractivity contribution in [1.29, 1.82) is 0 Å². The van der Waals surface area contributed by atoms with E-state index in [1.807, 2.05) is 20.8 Å². The summed E-state index contributed by atoms with van der Waals surface area (Å²) in [7, 11) is 1.72. The van der Waals surface area contributed by atoms with E-state index in [9.17, 15) is 0 Å². The molecule has 0 aromatic rings. The summed E-state index contributed by atoms with van der Waals surface area (Å²) in [5, 5.41) is 3.38. The molecule has 1 N–H and O–H groups in total. The molecule has 0 radical (unpaired) electrons. The van der Waals surface area contributed by atoms with Crippen LogP contribution in [0.15, 0.2) is 0 Å². The van der Waals surface area contributed by atoms with E-state index in [0.717, 1.165) is 6.54 Å². The van der Waals surface area contributed by atoms with Gasteiger partial charge in [-0.15, -0.1) is 0 Å². The van der Waals surface area contributed by atoms with E-state index in [4.69, 9.17) is 14.2 Å². The molecule has 0 aromatic heterocycles. The van der Waals surface area contributed by atoms with Gasteiger partial charge >= 0.3 is 0 Å². The lowest BCUT2D eigenvalue weighted by Crippen LogP contribution is -2.41. The average Bonchev–Trinajstić information content (AvgIpc) is 2.53. The minimum Gasteiger partial charge on any atom is -0.380 e. The second-order valence-corrected chi connectivity index (χ2v) is 4.59. The van der Waals surface area contributed by atoms with Crippen LogP contribution in [0, 0.1) is 0 Å². The Balaban J connectivity index is 2.21. The van der Waals surface area contributed by atoms with Crippen LogP contribution in [0.5, 0.6) is 0 Å². The van der Waals surface area contributed by atoms with Gasteiger partial charge in [-0.3, -0.25) is 0 Å². The first-order valence-corrected chi connectivity index (χ1v) is 5.52. The highest BCUT2D eigenvalue weighted by Gasteiger charge is 2.32. The van der Waals surface area contributed by atoms with Crippen molar-refractivity contribution >= 4 is 0 Å².